The van der Waals surface area contributed by atoms with Gasteiger partial charge in [-0.15, -0.1) is 0 Å². The zero-order valence-corrected chi connectivity index (χ0v) is 15.8. The van der Waals surface area contributed by atoms with Gasteiger partial charge in [0.05, 0.1) is 6.54 Å². The summed E-state index contributed by atoms with van der Waals surface area (Å²) in [7, 11) is 1.66. The third kappa shape index (κ3) is 5.70. The van der Waals surface area contributed by atoms with Crippen LogP contribution in [0.5, 0.6) is 0 Å². The maximum absolute atomic E-state index is 13.9. The molecule has 0 aliphatic carbocycles. The fourth-order valence-corrected chi connectivity index (χ4v) is 3.79. The lowest BCUT2D eigenvalue weighted by molar-refractivity contribution is -0.143. The van der Waals surface area contributed by atoms with Crippen molar-refractivity contribution in [1.29, 1.82) is 0 Å². The molecule has 0 spiro atoms. The van der Waals surface area contributed by atoms with Gasteiger partial charge in [0, 0.05) is 45.5 Å². The summed E-state index contributed by atoms with van der Waals surface area (Å²) in [6, 6.07) is 3.06. The summed E-state index contributed by atoms with van der Waals surface area (Å²) in [5.41, 5.74) is 0. The number of hydrogen-bond donors (Lipinski definition) is 2. The van der Waals surface area contributed by atoms with E-state index in [0.29, 0.717) is 44.5 Å². The van der Waals surface area contributed by atoms with Crippen LogP contribution in [-0.2, 0) is 0 Å². The maximum Gasteiger partial charge on any atom is 0.401 e. The summed E-state index contributed by atoms with van der Waals surface area (Å²) < 4.78 is 51.4. The van der Waals surface area contributed by atoms with Crippen molar-refractivity contribution >= 4 is 11.8 Å². The molecule has 0 aromatic carbocycles. The van der Waals surface area contributed by atoms with Gasteiger partial charge >= 0.3 is 6.18 Å². The summed E-state index contributed by atoms with van der Waals surface area (Å²) in [6.07, 6.45) is -1.03. The summed E-state index contributed by atoms with van der Waals surface area (Å²) in [5.74, 6) is 0.784. The first-order chi connectivity index (χ1) is 13.3. The number of aromatic nitrogens is 1. The van der Waals surface area contributed by atoms with Gasteiger partial charge in [0.25, 0.3) is 0 Å². The van der Waals surface area contributed by atoms with E-state index in [2.05, 4.69) is 20.6 Å². The van der Waals surface area contributed by atoms with Gasteiger partial charge in [0.2, 0.25) is 0 Å². The number of guanidine groups is 1. The van der Waals surface area contributed by atoms with Gasteiger partial charge in [-0.3, -0.25) is 9.89 Å². The molecule has 0 bridgehead atoms. The number of pyridine rings is 1. The summed E-state index contributed by atoms with van der Waals surface area (Å²) >= 11 is 0. The standard InChI is InChI=1S/C18H26F4N6/c1-23-17(25-9-13-4-7-27(10-13)12-18(20,21)22)26-14-5-8-28(11-14)16-15(19)3-2-6-24-16/h2-3,6,13-14H,4-5,7-12H2,1H3,(H2,23,25,26). The van der Waals surface area contributed by atoms with Gasteiger partial charge in [-0.25, -0.2) is 9.37 Å². The lowest BCUT2D eigenvalue weighted by Crippen LogP contribution is -2.46. The number of rotatable bonds is 5. The number of aliphatic imine (C=N–C) groups is 1. The summed E-state index contributed by atoms with van der Waals surface area (Å²) in [4.78, 5) is 11.6. The number of halogens is 4. The highest BCUT2D eigenvalue weighted by atomic mass is 19.4. The Morgan fingerprint density at radius 3 is 2.82 bits per heavy atom. The van der Waals surface area contributed by atoms with Crippen LogP contribution in [0.15, 0.2) is 23.3 Å². The number of anilines is 1. The van der Waals surface area contributed by atoms with Crippen LogP contribution in [0.3, 0.4) is 0 Å². The number of likely N-dealkylation sites (tertiary alicyclic amines) is 1. The van der Waals surface area contributed by atoms with Crippen LogP contribution in [0, 0.1) is 11.7 Å². The van der Waals surface area contributed by atoms with E-state index in [1.54, 1.807) is 19.3 Å². The Kier molecular flexibility index (Phi) is 6.58. The van der Waals surface area contributed by atoms with E-state index < -0.39 is 12.7 Å². The average Bonchev–Trinajstić information content (AvgIpc) is 3.27. The molecule has 0 radical (unpaired) electrons. The van der Waals surface area contributed by atoms with Crippen molar-refractivity contribution < 1.29 is 17.6 Å². The van der Waals surface area contributed by atoms with E-state index in [4.69, 9.17) is 0 Å². The third-order valence-corrected chi connectivity index (χ3v) is 5.12. The second-order valence-electron chi connectivity index (χ2n) is 7.34. The fraction of sp³-hybridized carbons (Fsp3) is 0.667. The van der Waals surface area contributed by atoms with Crippen LogP contribution in [0.25, 0.3) is 0 Å². The van der Waals surface area contributed by atoms with Crippen molar-refractivity contribution in [2.75, 3.05) is 51.2 Å². The minimum Gasteiger partial charge on any atom is -0.356 e. The van der Waals surface area contributed by atoms with E-state index in [1.807, 2.05) is 4.90 Å². The third-order valence-electron chi connectivity index (χ3n) is 5.12. The van der Waals surface area contributed by atoms with Crippen molar-refractivity contribution in [3.8, 4) is 0 Å². The van der Waals surface area contributed by atoms with Crippen LogP contribution in [0.1, 0.15) is 12.8 Å². The lowest BCUT2D eigenvalue weighted by Gasteiger charge is -2.21. The van der Waals surface area contributed by atoms with E-state index in [1.165, 1.54) is 11.0 Å². The fourth-order valence-electron chi connectivity index (χ4n) is 3.79. The highest BCUT2D eigenvalue weighted by Gasteiger charge is 2.34. The number of nitrogens with zero attached hydrogens (tertiary/aromatic N) is 4. The number of hydrogen-bond acceptors (Lipinski definition) is 4. The largest absolute Gasteiger partial charge is 0.401 e. The molecule has 6 nitrogen and oxygen atoms in total. The minimum absolute atomic E-state index is 0.0953. The highest BCUT2D eigenvalue weighted by molar-refractivity contribution is 5.80. The molecular weight excluding hydrogens is 376 g/mol. The molecule has 2 aliphatic rings. The zero-order valence-electron chi connectivity index (χ0n) is 15.8. The predicted octanol–water partition coefficient (Wildman–Crippen LogP) is 1.85. The molecule has 1 aromatic rings. The lowest BCUT2D eigenvalue weighted by atomic mass is 10.1. The van der Waals surface area contributed by atoms with Gasteiger partial charge in [-0.1, -0.05) is 0 Å². The predicted molar refractivity (Wildman–Crippen MR) is 99.9 cm³/mol. The van der Waals surface area contributed by atoms with Crippen molar-refractivity contribution in [1.82, 2.24) is 20.5 Å². The van der Waals surface area contributed by atoms with E-state index in [-0.39, 0.29) is 17.8 Å². The number of alkyl halides is 3. The van der Waals surface area contributed by atoms with Gasteiger partial charge in [-0.2, -0.15) is 13.2 Å². The molecule has 2 fully saturated rings. The first-order valence-corrected chi connectivity index (χ1v) is 9.46. The molecule has 2 N–H and O–H groups in total. The number of nitrogens with one attached hydrogen (secondary N) is 2. The Morgan fingerprint density at radius 2 is 2.11 bits per heavy atom. The van der Waals surface area contributed by atoms with Gasteiger partial charge < -0.3 is 15.5 Å². The first-order valence-electron chi connectivity index (χ1n) is 9.46. The Morgan fingerprint density at radius 1 is 1.29 bits per heavy atom. The van der Waals surface area contributed by atoms with Crippen LogP contribution in [0.2, 0.25) is 0 Å². The SMILES string of the molecule is CN=C(NCC1CCN(CC(F)(F)F)C1)NC1CCN(c2ncccc2F)C1. The molecule has 28 heavy (non-hydrogen) atoms. The van der Waals surface area contributed by atoms with E-state index >= 15 is 0 Å². The quantitative estimate of drug-likeness (QED) is 0.447. The molecular formula is C18H26F4N6. The minimum atomic E-state index is -4.15. The zero-order chi connectivity index (χ0) is 20.1. The summed E-state index contributed by atoms with van der Waals surface area (Å²) in [6.45, 7) is 1.91. The molecule has 0 saturated carbocycles. The molecule has 3 heterocycles. The van der Waals surface area contributed by atoms with Crippen LogP contribution < -0.4 is 15.5 Å². The average molecular weight is 402 g/mol. The van der Waals surface area contributed by atoms with Gasteiger partial charge in [0.1, 0.15) is 0 Å². The molecule has 10 heteroatoms. The molecule has 2 unspecified atom stereocenters. The molecule has 0 amide bonds. The van der Waals surface area contributed by atoms with Crippen molar-refractivity contribution in [2.24, 2.45) is 10.9 Å². The normalized spacial score (nSPS) is 24.0. The van der Waals surface area contributed by atoms with Crippen LogP contribution in [-0.4, -0.2) is 74.4 Å². The van der Waals surface area contributed by atoms with Gasteiger partial charge in [-0.05, 0) is 37.4 Å². The van der Waals surface area contributed by atoms with E-state index in [9.17, 15) is 17.6 Å². The summed E-state index contributed by atoms with van der Waals surface area (Å²) in [5, 5.41) is 6.52. The smallest absolute Gasteiger partial charge is 0.356 e. The second kappa shape index (κ2) is 8.93. The van der Waals surface area contributed by atoms with Crippen molar-refractivity contribution in [3.05, 3.63) is 24.1 Å². The van der Waals surface area contributed by atoms with E-state index in [0.717, 1.165) is 12.8 Å². The van der Waals surface area contributed by atoms with Crippen molar-refractivity contribution in [2.45, 2.75) is 25.1 Å². The molecule has 2 saturated heterocycles. The first kappa shape index (κ1) is 20.6. The van der Waals surface area contributed by atoms with Crippen LogP contribution in [0.4, 0.5) is 23.4 Å². The Hall–Kier alpha value is -2.10. The molecule has 2 atom stereocenters. The van der Waals surface area contributed by atoms with Crippen molar-refractivity contribution in [3.63, 3.8) is 0 Å². The van der Waals surface area contributed by atoms with Crippen LogP contribution >= 0.6 is 0 Å². The Balaban J connectivity index is 1.43. The monoisotopic (exact) mass is 402 g/mol. The topological polar surface area (TPSA) is 55.8 Å². The Bertz CT molecular complexity index is 680. The molecule has 2 aliphatic heterocycles. The molecule has 3 rings (SSSR count). The maximum atomic E-state index is 13.9. The highest BCUT2D eigenvalue weighted by Crippen LogP contribution is 2.23. The second-order valence-corrected chi connectivity index (χ2v) is 7.34. The molecule has 156 valence electrons. The Labute approximate surface area is 162 Å². The van der Waals surface area contributed by atoms with Gasteiger partial charge in [0.15, 0.2) is 17.6 Å². The molecule has 1 aromatic heterocycles.